The normalized spacial score (nSPS) is 26.6. The molecule has 2 saturated heterocycles. The summed E-state index contributed by atoms with van der Waals surface area (Å²) < 4.78 is 0. The lowest BCUT2D eigenvalue weighted by Gasteiger charge is -2.32. The van der Waals surface area contributed by atoms with Crippen molar-refractivity contribution in [2.75, 3.05) is 23.7 Å². The highest BCUT2D eigenvalue weighted by atomic mass is 32.2. The Balaban J connectivity index is 1.54. The van der Waals surface area contributed by atoms with Gasteiger partial charge in [-0.05, 0) is 55.5 Å². The minimum absolute atomic E-state index is 0.0788. The monoisotopic (exact) mass is 392 g/mol. The van der Waals surface area contributed by atoms with Gasteiger partial charge in [0, 0.05) is 36.8 Å². The molecule has 0 radical (unpaired) electrons. The molecule has 3 aliphatic rings. The zero-order valence-corrected chi connectivity index (χ0v) is 17.5. The molecule has 146 valence electrons. The van der Waals surface area contributed by atoms with E-state index in [4.69, 9.17) is 4.99 Å². The summed E-state index contributed by atoms with van der Waals surface area (Å²) in [5.74, 6) is 1.14. The number of aryl methyl sites for hydroxylation is 1. The third kappa shape index (κ3) is 3.00. The summed E-state index contributed by atoms with van der Waals surface area (Å²) in [4.78, 5) is 14.9. The van der Waals surface area contributed by atoms with E-state index in [1.54, 1.807) is 0 Å². The number of benzene rings is 1. The van der Waals surface area contributed by atoms with Crippen molar-refractivity contribution in [2.24, 2.45) is 4.99 Å². The molecule has 3 atom stereocenters. The van der Waals surface area contributed by atoms with Gasteiger partial charge in [0.2, 0.25) is 0 Å². The Morgan fingerprint density at radius 1 is 1.14 bits per heavy atom. The molecule has 0 N–H and O–H groups in total. The van der Waals surface area contributed by atoms with Crippen LogP contribution < -0.4 is 4.90 Å². The van der Waals surface area contributed by atoms with Crippen molar-refractivity contribution >= 4 is 22.6 Å². The maximum absolute atomic E-state index is 5.14. The first-order valence-corrected chi connectivity index (χ1v) is 11.5. The van der Waals surface area contributed by atoms with E-state index in [1.165, 1.54) is 47.9 Å². The van der Waals surface area contributed by atoms with Gasteiger partial charge in [0.1, 0.15) is 6.04 Å². The smallest absolute Gasteiger partial charge is 0.160 e. The molecule has 0 bridgehead atoms. The van der Waals surface area contributed by atoms with Crippen LogP contribution in [0.25, 0.3) is 0 Å². The molecule has 4 nitrogen and oxygen atoms in total. The molecule has 28 heavy (non-hydrogen) atoms. The van der Waals surface area contributed by atoms with E-state index in [2.05, 4.69) is 59.0 Å². The second-order valence-corrected chi connectivity index (χ2v) is 9.06. The minimum Gasteiger partial charge on any atom is -0.371 e. The van der Waals surface area contributed by atoms with Gasteiger partial charge in [-0.2, -0.15) is 0 Å². The lowest BCUT2D eigenvalue weighted by molar-refractivity contribution is 0.255. The number of amidine groups is 1. The first-order valence-electron chi connectivity index (χ1n) is 10.5. The number of pyridine rings is 1. The molecule has 0 unspecified atom stereocenters. The topological polar surface area (TPSA) is 31.7 Å². The van der Waals surface area contributed by atoms with Gasteiger partial charge in [0.05, 0.1) is 11.7 Å². The maximum atomic E-state index is 5.14. The van der Waals surface area contributed by atoms with Gasteiger partial charge in [-0.3, -0.25) is 9.98 Å². The average Bonchev–Trinajstić information content (AvgIpc) is 3.45. The average molecular weight is 393 g/mol. The van der Waals surface area contributed by atoms with Crippen molar-refractivity contribution in [2.45, 2.75) is 51.2 Å². The summed E-state index contributed by atoms with van der Waals surface area (Å²) in [7, 11) is 0. The fourth-order valence-electron chi connectivity index (χ4n) is 4.89. The van der Waals surface area contributed by atoms with Crippen molar-refractivity contribution in [1.29, 1.82) is 0 Å². The number of rotatable bonds is 4. The van der Waals surface area contributed by atoms with Crippen molar-refractivity contribution < 1.29 is 0 Å². The number of aliphatic imine (C=N–C) groups is 1. The van der Waals surface area contributed by atoms with Crippen LogP contribution in [-0.4, -0.2) is 39.9 Å². The zero-order chi connectivity index (χ0) is 19.1. The number of thioether (sulfide) groups is 1. The van der Waals surface area contributed by atoms with E-state index in [9.17, 15) is 0 Å². The lowest BCUT2D eigenvalue weighted by atomic mass is 9.93. The number of hydrogen-bond acceptors (Lipinski definition) is 5. The number of hydrogen-bond donors (Lipinski definition) is 0. The molecule has 0 aliphatic carbocycles. The van der Waals surface area contributed by atoms with Crippen LogP contribution in [0.4, 0.5) is 5.69 Å². The predicted octanol–water partition coefficient (Wildman–Crippen LogP) is 4.97. The van der Waals surface area contributed by atoms with Gasteiger partial charge in [-0.1, -0.05) is 36.9 Å². The van der Waals surface area contributed by atoms with Crippen LogP contribution >= 0.6 is 11.8 Å². The van der Waals surface area contributed by atoms with Gasteiger partial charge >= 0.3 is 0 Å². The highest BCUT2D eigenvalue weighted by molar-refractivity contribution is 8.14. The van der Waals surface area contributed by atoms with E-state index < -0.39 is 0 Å². The zero-order valence-electron chi connectivity index (χ0n) is 16.7. The molecule has 1 aromatic heterocycles. The van der Waals surface area contributed by atoms with Crippen LogP contribution in [0.3, 0.4) is 0 Å². The Morgan fingerprint density at radius 2 is 2.00 bits per heavy atom. The Bertz CT molecular complexity index is 875. The van der Waals surface area contributed by atoms with E-state index >= 15 is 0 Å². The molecule has 3 aliphatic heterocycles. The van der Waals surface area contributed by atoms with Crippen molar-refractivity contribution in [3.63, 3.8) is 0 Å². The number of anilines is 1. The Hall–Kier alpha value is -2.01. The van der Waals surface area contributed by atoms with E-state index in [1.807, 2.05) is 24.0 Å². The number of nitrogens with zero attached hydrogens (tertiary/aromatic N) is 4. The summed E-state index contributed by atoms with van der Waals surface area (Å²) in [5, 5.41) is 1.20. The van der Waals surface area contributed by atoms with E-state index in [0.717, 1.165) is 17.9 Å². The third-order valence-corrected chi connectivity index (χ3v) is 7.46. The fraction of sp³-hybridized carbons (Fsp3) is 0.478. The highest BCUT2D eigenvalue weighted by Gasteiger charge is 2.45. The molecule has 0 saturated carbocycles. The Labute approximate surface area is 172 Å². The van der Waals surface area contributed by atoms with Crippen LogP contribution in [0.1, 0.15) is 55.1 Å². The summed E-state index contributed by atoms with van der Waals surface area (Å²) in [6, 6.07) is 14.2. The molecule has 2 aromatic rings. The molecule has 2 fully saturated rings. The molecule has 0 amide bonds. The standard InChI is InChI=1S/C23H28N4S/c1-3-18-15-28-23-25-21(19-8-4-5-11-24-19)22(27(18)23)17-9-10-20(16(2)14-17)26-12-6-7-13-26/h4-5,8-11,14,18,21-22H,3,6-7,12-13,15H2,1-2H3/t18-,21+,22-/m1/s1. The molecular weight excluding hydrogens is 364 g/mol. The largest absolute Gasteiger partial charge is 0.371 e. The second kappa shape index (κ2) is 7.43. The van der Waals surface area contributed by atoms with Crippen LogP contribution in [0, 0.1) is 6.92 Å². The van der Waals surface area contributed by atoms with Crippen molar-refractivity contribution in [3.05, 3.63) is 59.4 Å². The van der Waals surface area contributed by atoms with Gasteiger partial charge in [-0.25, -0.2) is 0 Å². The van der Waals surface area contributed by atoms with E-state index in [-0.39, 0.29) is 12.1 Å². The minimum atomic E-state index is 0.0788. The quantitative estimate of drug-likeness (QED) is 0.735. The first-order chi connectivity index (χ1) is 13.8. The Morgan fingerprint density at radius 3 is 2.71 bits per heavy atom. The summed E-state index contributed by atoms with van der Waals surface area (Å²) in [6.07, 6.45) is 5.67. The van der Waals surface area contributed by atoms with E-state index in [0.29, 0.717) is 6.04 Å². The Kier molecular flexibility index (Phi) is 4.79. The predicted molar refractivity (Wildman–Crippen MR) is 118 cm³/mol. The first kappa shape index (κ1) is 18.0. The lowest BCUT2D eigenvalue weighted by Crippen LogP contribution is -2.35. The maximum Gasteiger partial charge on any atom is 0.160 e. The van der Waals surface area contributed by atoms with Crippen molar-refractivity contribution in [1.82, 2.24) is 9.88 Å². The molecular formula is C23H28N4S. The molecule has 5 rings (SSSR count). The molecule has 0 spiro atoms. The molecule has 1 aromatic carbocycles. The summed E-state index contributed by atoms with van der Waals surface area (Å²) >= 11 is 1.91. The molecule has 4 heterocycles. The van der Waals surface area contributed by atoms with Crippen LogP contribution in [0.5, 0.6) is 0 Å². The van der Waals surface area contributed by atoms with Gasteiger partial charge in [0.15, 0.2) is 5.17 Å². The summed E-state index contributed by atoms with van der Waals surface area (Å²) in [6.45, 7) is 6.93. The van der Waals surface area contributed by atoms with Crippen LogP contribution in [0.2, 0.25) is 0 Å². The van der Waals surface area contributed by atoms with Crippen LogP contribution in [0.15, 0.2) is 47.6 Å². The van der Waals surface area contributed by atoms with Gasteiger partial charge in [-0.15, -0.1) is 0 Å². The molecule has 5 heteroatoms. The number of fused-ring (bicyclic) bond motifs is 1. The van der Waals surface area contributed by atoms with Gasteiger partial charge in [0.25, 0.3) is 0 Å². The van der Waals surface area contributed by atoms with Crippen LogP contribution in [-0.2, 0) is 0 Å². The fourth-order valence-corrected chi connectivity index (χ4v) is 6.22. The van der Waals surface area contributed by atoms with Crippen molar-refractivity contribution in [3.8, 4) is 0 Å². The number of aromatic nitrogens is 1. The summed E-state index contributed by atoms with van der Waals surface area (Å²) in [5.41, 5.74) is 5.23. The van der Waals surface area contributed by atoms with Gasteiger partial charge < -0.3 is 9.80 Å². The SMILES string of the molecule is CC[C@@H]1CSC2=N[C@@H](c3ccccn3)[C@@H](c3ccc(N4CCCC4)c(C)c3)N21. The second-order valence-electron chi connectivity index (χ2n) is 8.08. The highest BCUT2D eigenvalue weighted by Crippen LogP contribution is 2.49. The third-order valence-electron chi connectivity index (χ3n) is 6.34.